The van der Waals surface area contributed by atoms with Crippen LogP contribution in [0.3, 0.4) is 0 Å². The molecule has 0 spiro atoms. The van der Waals surface area contributed by atoms with E-state index in [2.05, 4.69) is 9.72 Å². The molecule has 1 heterocycles. The molecular formula is C15H13NO4S. The van der Waals surface area contributed by atoms with Crippen LogP contribution in [-0.2, 0) is 14.3 Å². The van der Waals surface area contributed by atoms with E-state index in [0.29, 0.717) is 9.88 Å². The molecule has 0 fully saturated rings. The van der Waals surface area contributed by atoms with E-state index in [1.165, 1.54) is 37.7 Å². The number of benzene rings is 1. The SMILES string of the molecule is COC(=O)/C=C/c1sc(-c2ccccc2)nc1C(=O)OC. The van der Waals surface area contributed by atoms with Crippen LogP contribution in [-0.4, -0.2) is 31.1 Å². The van der Waals surface area contributed by atoms with Crippen LogP contribution in [0.4, 0.5) is 0 Å². The van der Waals surface area contributed by atoms with E-state index in [9.17, 15) is 9.59 Å². The largest absolute Gasteiger partial charge is 0.466 e. The van der Waals surface area contributed by atoms with E-state index >= 15 is 0 Å². The van der Waals surface area contributed by atoms with Gasteiger partial charge >= 0.3 is 11.9 Å². The van der Waals surface area contributed by atoms with Gasteiger partial charge in [-0.1, -0.05) is 30.3 Å². The van der Waals surface area contributed by atoms with Crippen LogP contribution in [0.25, 0.3) is 16.6 Å². The van der Waals surface area contributed by atoms with Gasteiger partial charge in [-0.25, -0.2) is 14.6 Å². The van der Waals surface area contributed by atoms with Crippen molar-refractivity contribution in [1.82, 2.24) is 4.98 Å². The molecule has 1 aromatic heterocycles. The summed E-state index contributed by atoms with van der Waals surface area (Å²) < 4.78 is 9.25. The van der Waals surface area contributed by atoms with Gasteiger partial charge in [-0.3, -0.25) is 0 Å². The molecule has 108 valence electrons. The van der Waals surface area contributed by atoms with Crippen molar-refractivity contribution in [2.75, 3.05) is 14.2 Å². The molecule has 0 aliphatic carbocycles. The maximum absolute atomic E-state index is 11.8. The first kappa shape index (κ1) is 14.9. The van der Waals surface area contributed by atoms with Crippen LogP contribution < -0.4 is 0 Å². The highest BCUT2D eigenvalue weighted by Crippen LogP contribution is 2.29. The van der Waals surface area contributed by atoms with Gasteiger partial charge in [-0.05, 0) is 6.08 Å². The maximum atomic E-state index is 11.8. The summed E-state index contributed by atoms with van der Waals surface area (Å²) in [5, 5.41) is 0.681. The second kappa shape index (κ2) is 6.81. The van der Waals surface area contributed by atoms with Crippen LogP contribution in [0, 0.1) is 0 Å². The number of methoxy groups -OCH3 is 2. The lowest BCUT2D eigenvalue weighted by Crippen LogP contribution is -2.03. The zero-order valence-electron chi connectivity index (χ0n) is 11.5. The van der Waals surface area contributed by atoms with Crippen molar-refractivity contribution in [2.24, 2.45) is 0 Å². The lowest BCUT2D eigenvalue weighted by Gasteiger charge is -1.95. The molecule has 2 aromatic rings. The number of aromatic nitrogens is 1. The molecule has 0 N–H and O–H groups in total. The number of thiazole rings is 1. The summed E-state index contributed by atoms with van der Waals surface area (Å²) in [6.45, 7) is 0. The monoisotopic (exact) mass is 303 g/mol. The van der Waals surface area contributed by atoms with Gasteiger partial charge in [-0.15, -0.1) is 11.3 Å². The lowest BCUT2D eigenvalue weighted by molar-refractivity contribution is -0.134. The fraction of sp³-hybridized carbons (Fsp3) is 0.133. The number of hydrogen-bond acceptors (Lipinski definition) is 6. The van der Waals surface area contributed by atoms with Crippen molar-refractivity contribution >= 4 is 29.4 Å². The Morgan fingerprint density at radius 1 is 1.14 bits per heavy atom. The molecule has 0 saturated heterocycles. The second-order valence-corrected chi connectivity index (χ2v) is 4.98. The molecule has 2 rings (SSSR count). The van der Waals surface area contributed by atoms with E-state index in [1.807, 2.05) is 30.3 Å². The molecule has 0 unspecified atom stereocenters. The summed E-state index contributed by atoms with van der Waals surface area (Å²) in [7, 11) is 2.58. The van der Waals surface area contributed by atoms with Crippen LogP contribution in [0.5, 0.6) is 0 Å². The van der Waals surface area contributed by atoms with Crippen LogP contribution in [0.15, 0.2) is 36.4 Å². The lowest BCUT2D eigenvalue weighted by atomic mass is 10.2. The first-order chi connectivity index (χ1) is 10.2. The molecule has 6 heteroatoms. The molecule has 0 aliphatic rings. The van der Waals surface area contributed by atoms with Gasteiger partial charge in [0.05, 0.1) is 19.1 Å². The van der Waals surface area contributed by atoms with Crippen molar-refractivity contribution in [3.8, 4) is 10.6 Å². The van der Waals surface area contributed by atoms with E-state index in [4.69, 9.17) is 4.74 Å². The van der Waals surface area contributed by atoms with Crippen LogP contribution >= 0.6 is 11.3 Å². The highest BCUT2D eigenvalue weighted by Gasteiger charge is 2.18. The number of rotatable bonds is 4. The smallest absolute Gasteiger partial charge is 0.358 e. The predicted octanol–water partition coefficient (Wildman–Crippen LogP) is 2.78. The predicted molar refractivity (Wildman–Crippen MR) is 79.9 cm³/mol. The zero-order valence-corrected chi connectivity index (χ0v) is 12.3. The van der Waals surface area contributed by atoms with Gasteiger partial charge in [0.2, 0.25) is 0 Å². The number of ether oxygens (including phenoxy) is 2. The minimum atomic E-state index is -0.544. The molecule has 0 aliphatic heterocycles. The van der Waals surface area contributed by atoms with Crippen LogP contribution in [0.1, 0.15) is 15.4 Å². The maximum Gasteiger partial charge on any atom is 0.358 e. The Morgan fingerprint density at radius 2 is 1.86 bits per heavy atom. The quantitative estimate of drug-likeness (QED) is 0.642. The summed E-state index contributed by atoms with van der Waals surface area (Å²) >= 11 is 1.30. The number of hydrogen-bond donors (Lipinski definition) is 0. The zero-order chi connectivity index (χ0) is 15.2. The Labute approximate surface area is 125 Å². The minimum absolute atomic E-state index is 0.182. The average Bonchev–Trinajstić information content (AvgIpc) is 2.96. The van der Waals surface area contributed by atoms with Gasteiger partial charge in [0.25, 0.3) is 0 Å². The summed E-state index contributed by atoms with van der Waals surface area (Å²) in [4.78, 5) is 27.8. The van der Waals surface area contributed by atoms with E-state index in [-0.39, 0.29) is 5.69 Å². The first-order valence-corrected chi connectivity index (χ1v) is 6.88. The fourth-order valence-electron chi connectivity index (χ4n) is 1.60. The Morgan fingerprint density at radius 3 is 2.48 bits per heavy atom. The molecule has 21 heavy (non-hydrogen) atoms. The Balaban J connectivity index is 2.43. The topological polar surface area (TPSA) is 65.5 Å². The molecule has 1 aromatic carbocycles. The molecule has 5 nitrogen and oxygen atoms in total. The number of nitrogens with zero attached hydrogens (tertiary/aromatic N) is 1. The molecule has 0 amide bonds. The molecule has 0 saturated carbocycles. The average molecular weight is 303 g/mol. The van der Waals surface area contributed by atoms with Gasteiger partial charge in [0.1, 0.15) is 5.01 Å². The third kappa shape index (κ3) is 3.55. The minimum Gasteiger partial charge on any atom is -0.466 e. The molecule has 0 radical (unpaired) electrons. The summed E-state index contributed by atoms with van der Waals surface area (Å²) in [6, 6.07) is 9.47. The van der Waals surface area contributed by atoms with Crippen LogP contribution in [0.2, 0.25) is 0 Å². The van der Waals surface area contributed by atoms with Gasteiger partial charge in [-0.2, -0.15) is 0 Å². The molecule has 0 bridgehead atoms. The van der Waals surface area contributed by atoms with Crippen molar-refractivity contribution in [1.29, 1.82) is 0 Å². The second-order valence-electron chi connectivity index (χ2n) is 3.95. The van der Waals surface area contributed by atoms with Gasteiger partial charge < -0.3 is 9.47 Å². The normalized spacial score (nSPS) is 10.6. The third-order valence-electron chi connectivity index (χ3n) is 2.62. The van der Waals surface area contributed by atoms with E-state index in [1.54, 1.807) is 0 Å². The van der Waals surface area contributed by atoms with E-state index < -0.39 is 11.9 Å². The third-order valence-corrected chi connectivity index (χ3v) is 3.69. The summed E-state index contributed by atoms with van der Waals surface area (Å²) in [5.41, 5.74) is 1.08. The van der Waals surface area contributed by atoms with Gasteiger partial charge in [0, 0.05) is 11.6 Å². The Kier molecular flexibility index (Phi) is 4.84. The van der Waals surface area contributed by atoms with E-state index in [0.717, 1.165) is 5.56 Å². The highest BCUT2D eigenvalue weighted by molar-refractivity contribution is 7.16. The number of carbonyl (C=O) groups is 2. The summed E-state index contributed by atoms with van der Waals surface area (Å²) in [5.74, 6) is -1.04. The van der Waals surface area contributed by atoms with Crippen molar-refractivity contribution in [2.45, 2.75) is 0 Å². The Hall–Kier alpha value is -2.47. The first-order valence-electron chi connectivity index (χ1n) is 6.06. The highest BCUT2D eigenvalue weighted by atomic mass is 32.1. The van der Waals surface area contributed by atoms with Crippen molar-refractivity contribution in [3.05, 3.63) is 47.0 Å². The van der Waals surface area contributed by atoms with Gasteiger partial charge in [0.15, 0.2) is 5.69 Å². The standard InChI is InChI=1S/C15H13NO4S/c1-19-12(17)9-8-11-13(15(18)20-2)16-14(21-11)10-6-4-3-5-7-10/h3-9H,1-2H3/b9-8+. The van der Waals surface area contributed by atoms with Crippen molar-refractivity contribution < 1.29 is 19.1 Å². The summed E-state index contributed by atoms with van der Waals surface area (Å²) in [6.07, 6.45) is 2.75. The molecular weight excluding hydrogens is 290 g/mol. The molecule has 0 atom stereocenters. The Bertz CT molecular complexity index is 676. The van der Waals surface area contributed by atoms with Crippen molar-refractivity contribution in [3.63, 3.8) is 0 Å². The number of esters is 2. The fourth-order valence-corrected chi connectivity index (χ4v) is 2.56. The number of carbonyl (C=O) groups excluding carboxylic acids is 2.